The Balaban J connectivity index is 2.43. The topological polar surface area (TPSA) is 27.1 Å². The van der Waals surface area contributed by atoms with E-state index in [1.165, 1.54) is 4.68 Å². The molecule has 72 valence electrons. The van der Waals surface area contributed by atoms with Crippen LogP contribution in [0.25, 0.3) is 0 Å². The third-order valence-electron chi connectivity index (χ3n) is 1.94. The second-order valence-corrected chi connectivity index (χ2v) is 2.78. The number of aromatic nitrogens is 2. The van der Waals surface area contributed by atoms with Gasteiger partial charge in [0.05, 0.1) is 37.2 Å². The molecule has 0 aliphatic carbocycles. The minimum absolute atomic E-state index is 0.00512. The van der Waals surface area contributed by atoms with E-state index in [2.05, 4.69) is 5.10 Å². The third-order valence-corrected chi connectivity index (χ3v) is 1.94. The van der Waals surface area contributed by atoms with Crippen molar-refractivity contribution in [1.29, 1.82) is 0 Å². The van der Waals surface area contributed by atoms with Gasteiger partial charge < -0.3 is 4.74 Å². The fourth-order valence-electron chi connectivity index (χ4n) is 1.31. The van der Waals surface area contributed by atoms with Crippen LogP contribution in [0.1, 0.15) is 11.3 Å². The smallest absolute Gasteiger partial charge is 0.373 e. The van der Waals surface area contributed by atoms with Crippen LogP contribution in [0, 0.1) is 0 Å². The van der Waals surface area contributed by atoms with Crippen molar-refractivity contribution in [1.82, 2.24) is 9.78 Å². The SMILES string of the molecule is FC(F)(F)c1cnn2c1COCC2. The highest BCUT2D eigenvalue weighted by molar-refractivity contribution is 5.21. The van der Waals surface area contributed by atoms with Gasteiger partial charge in [0.15, 0.2) is 0 Å². The summed E-state index contributed by atoms with van der Waals surface area (Å²) >= 11 is 0. The number of alkyl halides is 3. The van der Waals surface area contributed by atoms with Crippen LogP contribution in [0.15, 0.2) is 6.20 Å². The van der Waals surface area contributed by atoms with E-state index in [9.17, 15) is 13.2 Å². The Labute approximate surface area is 72.1 Å². The molecule has 13 heavy (non-hydrogen) atoms. The minimum atomic E-state index is -4.33. The van der Waals surface area contributed by atoms with Crippen molar-refractivity contribution in [3.63, 3.8) is 0 Å². The number of halogens is 3. The van der Waals surface area contributed by atoms with Crippen molar-refractivity contribution in [2.45, 2.75) is 19.3 Å². The first-order chi connectivity index (χ1) is 6.09. The zero-order valence-electron chi connectivity index (χ0n) is 6.64. The highest BCUT2D eigenvalue weighted by Gasteiger charge is 2.36. The Morgan fingerprint density at radius 2 is 2.23 bits per heavy atom. The maximum Gasteiger partial charge on any atom is 0.419 e. The van der Waals surface area contributed by atoms with E-state index in [0.717, 1.165) is 6.20 Å². The summed E-state index contributed by atoms with van der Waals surface area (Å²) < 4.78 is 43.2. The van der Waals surface area contributed by atoms with Gasteiger partial charge in [-0.25, -0.2) is 0 Å². The van der Waals surface area contributed by atoms with E-state index in [1.807, 2.05) is 0 Å². The molecular formula is C7H7F3N2O. The van der Waals surface area contributed by atoms with Crippen molar-refractivity contribution in [3.8, 4) is 0 Å². The molecule has 1 aromatic rings. The van der Waals surface area contributed by atoms with Crippen molar-refractivity contribution in [2.75, 3.05) is 6.61 Å². The molecule has 1 aromatic heterocycles. The van der Waals surface area contributed by atoms with Gasteiger partial charge in [0.25, 0.3) is 0 Å². The van der Waals surface area contributed by atoms with E-state index in [-0.39, 0.29) is 12.3 Å². The first-order valence-corrected chi connectivity index (χ1v) is 3.78. The standard InChI is InChI=1S/C7H7F3N2O/c8-7(9,10)5-3-11-12-1-2-13-4-6(5)12/h3H,1-2,4H2. The summed E-state index contributed by atoms with van der Waals surface area (Å²) in [4.78, 5) is 0. The first-order valence-electron chi connectivity index (χ1n) is 3.78. The molecule has 0 fully saturated rings. The molecule has 2 rings (SSSR count). The van der Waals surface area contributed by atoms with Crippen LogP contribution < -0.4 is 0 Å². The van der Waals surface area contributed by atoms with E-state index in [1.54, 1.807) is 0 Å². The molecule has 3 nitrogen and oxygen atoms in total. The zero-order chi connectivity index (χ0) is 9.47. The van der Waals surface area contributed by atoms with Crippen molar-refractivity contribution >= 4 is 0 Å². The molecule has 0 radical (unpaired) electrons. The van der Waals surface area contributed by atoms with Gasteiger partial charge in [0, 0.05) is 0 Å². The molecule has 0 bridgehead atoms. The maximum atomic E-state index is 12.3. The highest BCUT2D eigenvalue weighted by atomic mass is 19.4. The quantitative estimate of drug-likeness (QED) is 0.621. The summed E-state index contributed by atoms with van der Waals surface area (Å²) in [5, 5.41) is 3.64. The molecule has 2 heterocycles. The second-order valence-electron chi connectivity index (χ2n) is 2.78. The number of hydrogen-bond donors (Lipinski definition) is 0. The second kappa shape index (κ2) is 2.73. The first kappa shape index (κ1) is 8.55. The molecule has 0 atom stereocenters. The average molecular weight is 192 g/mol. The van der Waals surface area contributed by atoms with Crippen LogP contribution in [-0.2, 0) is 24.1 Å². The minimum Gasteiger partial charge on any atom is -0.373 e. The zero-order valence-corrected chi connectivity index (χ0v) is 6.64. The molecule has 0 saturated carbocycles. The fraction of sp³-hybridized carbons (Fsp3) is 0.571. The van der Waals surface area contributed by atoms with Crippen LogP contribution in [-0.4, -0.2) is 16.4 Å². The molecule has 0 amide bonds. The van der Waals surface area contributed by atoms with Gasteiger partial charge in [0.1, 0.15) is 0 Å². The third kappa shape index (κ3) is 1.41. The Morgan fingerprint density at radius 1 is 1.46 bits per heavy atom. The Hall–Kier alpha value is -1.04. The van der Waals surface area contributed by atoms with E-state index >= 15 is 0 Å². The van der Waals surface area contributed by atoms with Gasteiger partial charge in [0.2, 0.25) is 0 Å². The lowest BCUT2D eigenvalue weighted by Crippen LogP contribution is -2.20. The summed E-state index contributed by atoms with van der Waals surface area (Å²) in [6.45, 7) is 0.812. The monoisotopic (exact) mass is 192 g/mol. The highest BCUT2D eigenvalue weighted by Crippen LogP contribution is 2.32. The van der Waals surface area contributed by atoms with Crippen LogP contribution in [0.3, 0.4) is 0 Å². The maximum absolute atomic E-state index is 12.3. The van der Waals surface area contributed by atoms with Gasteiger partial charge in [-0.15, -0.1) is 0 Å². The lowest BCUT2D eigenvalue weighted by molar-refractivity contribution is -0.139. The van der Waals surface area contributed by atoms with Crippen LogP contribution in [0.4, 0.5) is 13.2 Å². The predicted molar refractivity (Wildman–Crippen MR) is 36.9 cm³/mol. The van der Waals surface area contributed by atoms with E-state index < -0.39 is 11.7 Å². The Morgan fingerprint density at radius 3 is 2.92 bits per heavy atom. The summed E-state index contributed by atoms with van der Waals surface area (Å²) in [6, 6.07) is 0. The average Bonchev–Trinajstić information content (AvgIpc) is 2.45. The van der Waals surface area contributed by atoms with E-state index in [4.69, 9.17) is 4.74 Å². The largest absolute Gasteiger partial charge is 0.419 e. The summed E-state index contributed by atoms with van der Waals surface area (Å²) in [6.07, 6.45) is -3.47. The lowest BCUT2D eigenvalue weighted by atomic mass is 10.2. The Kier molecular flexibility index (Phi) is 1.80. The van der Waals surface area contributed by atoms with Crippen molar-refractivity contribution in [3.05, 3.63) is 17.5 Å². The number of nitrogens with zero attached hydrogens (tertiary/aromatic N) is 2. The lowest BCUT2D eigenvalue weighted by Gasteiger charge is -2.16. The number of rotatable bonds is 0. The fourth-order valence-corrected chi connectivity index (χ4v) is 1.31. The number of hydrogen-bond acceptors (Lipinski definition) is 2. The molecule has 0 saturated heterocycles. The van der Waals surface area contributed by atoms with Crippen LogP contribution in [0.5, 0.6) is 0 Å². The van der Waals surface area contributed by atoms with Gasteiger partial charge in [-0.2, -0.15) is 18.3 Å². The molecule has 1 aliphatic rings. The molecule has 0 unspecified atom stereocenters. The number of ether oxygens (including phenoxy) is 1. The molecule has 0 N–H and O–H groups in total. The van der Waals surface area contributed by atoms with E-state index in [0.29, 0.717) is 13.2 Å². The Bertz CT molecular complexity index is 318. The van der Waals surface area contributed by atoms with Crippen LogP contribution >= 0.6 is 0 Å². The molecule has 6 heteroatoms. The normalized spacial score (nSPS) is 17.2. The number of fused-ring (bicyclic) bond motifs is 1. The summed E-state index contributed by atoms with van der Waals surface area (Å²) in [7, 11) is 0. The summed E-state index contributed by atoms with van der Waals surface area (Å²) in [5.41, 5.74) is -0.564. The van der Waals surface area contributed by atoms with Crippen LogP contribution in [0.2, 0.25) is 0 Å². The van der Waals surface area contributed by atoms with Gasteiger partial charge >= 0.3 is 6.18 Å². The van der Waals surface area contributed by atoms with Gasteiger partial charge in [-0.3, -0.25) is 4.68 Å². The summed E-state index contributed by atoms with van der Waals surface area (Å²) in [5.74, 6) is 0. The molecule has 0 spiro atoms. The predicted octanol–water partition coefficient (Wildman–Crippen LogP) is 1.43. The molecule has 1 aliphatic heterocycles. The van der Waals surface area contributed by atoms with Crippen molar-refractivity contribution < 1.29 is 17.9 Å². The van der Waals surface area contributed by atoms with Crippen molar-refractivity contribution in [2.24, 2.45) is 0 Å². The molecular weight excluding hydrogens is 185 g/mol. The van der Waals surface area contributed by atoms with Gasteiger partial charge in [-0.05, 0) is 0 Å². The van der Waals surface area contributed by atoms with Gasteiger partial charge in [-0.1, -0.05) is 0 Å². The molecule has 0 aromatic carbocycles.